The Morgan fingerprint density at radius 2 is 1.70 bits per heavy atom. The summed E-state index contributed by atoms with van der Waals surface area (Å²) in [5.41, 5.74) is 4.76. The third kappa shape index (κ3) is 2.66. The van der Waals surface area contributed by atoms with Crippen molar-refractivity contribution in [1.82, 2.24) is 11.1 Å². The lowest BCUT2D eigenvalue weighted by molar-refractivity contribution is 1.13. The Balaban J connectivity index is 0.00000147. The maximum Gasteiger partial charge on any atom is 0.124 e. The SMILES string of the molecule is Cc1ccc2nc(-c3ccc(N(C)C)cc3)sc2c1.N. The van der Waals surface area contributed by atoms with Crippen LogP contribution < -0.4 is 11.1 Å². The molecule has 0 bridgehead atoms. The second-order valence-electron chi connectivity index (χ2n) is 4.93. The van der Waals surface area contributed by atoms with Gasteiger partial charge in [-0.15, -0.1) is 11.3 Å². The molecule has 0 aliphatic rings. The van der Waals surface area contributed by atoms with E-state index >= 15 is 0 Å². The number of aromatic nitrogens is 1. The van der Waals surface area contributed by atoms with Crippen LogP contribution in [0.25, 0.3) is 20.8 Å². The highest BCUT2D eigenvalue weighted by Crippen LogP contribution is 2.31. The molecule has 0 unspecified atom stereocenters. The van der Waals surface area contributed by atoms with E-state index in [9.17, 15) is 0 Å². The smallest absolute Gasteiger partial charge is 0.124 e. The fourth-order valence-electron chi connectivity index (χ4n) is 2.06. The Labute approximate surface area is 123 Å². The van der Waals surface area contributed by atoms with Gasteiger partial charge in [0.15, 0.2) is 0 Å². The standard InChI is InChI=1S/C16H16N2S.H3N/c1-11-4-9-14-15(10-11)19-16(17-14)12-5-7-13(8-6-12)18(2)3;/h4-10H,1-3H3;1H3. The molecule has 0 saturated heterocycles. The van der Waals surface area contributed by atoms with E-state index in [1.807, 2.05) is 0 Å². The van der Waals surface area contributed by atoms with E-state index in [4.69, 9.17) is 4.98 Å². The molecule has 2 aromatic carbocycles. The molecule has 1 aromatic heterocycles. The first-order valence-electron chi connectivity index (χ1n) is 6.28. The second-order valence-corrected chi connectivity index (χ2v) is 5.96. The topological polar surface area (TPSA) is 51.1 Å². The number of fused-ring (bicyclic) bond motifs is 1. The van der Waals surface area contributed by atoms with Crippen molar-refractivity contribution in [1.29, 1.82) is 0 Å². The molecular weight excluding hydrogens is 266 g/mol. The zero-order chi connectivity index (χ0) is 13.4. The maximum absolute atomic E-state index is 4.70. The highest BCUT2D eigenvalue weighted by Gasteiger charge is 2.06. The van der Waals surface area contributed by atoms with E-state index in [1.54, 1.807) is 11.3 Å². The van der Waals surface area contributed by atoms with Gasteiger partial charge in [-0.2, -0.15) is 0 Å². The summed E-state index contributed by atoms with van der Waals surface area (Å²) in [5, 5.41) is 1.09. The average Bonchev–Trinajstić information content (AvgIpc) is 2.81. The van der Waals surface area contributed by atoms with Gasteiger partial charge < -0.3 is 11.1 Å². The van der Waals surface area contributed by atoms with Gasteiger partial charge in [0.1, 0.15) is 5.01 Å². The van der Waals surface area contributed by atoms with Gasteiger partial charge in [0.2, 0.25) is 0 Å². The molecule has 4 heteroatoms. The fraction of sp³-hybridized carbons (Fsp3) is 0.188. The number of aryl methyl sites for hydroxylation is 1. The number of rotatable bonds is 2. The van der Waals surface area contributed by atoms with Crippen molar-refractivity contribution in [3.8, 4) is 10.6 Å². The summed E-state index contributed by atoms with van der Waals surface area (Å²) in [4.78, 5) is 6.81. The van der Waals surface area contributed by atoms with E-state index in [-0.39, 0.29) is 6.15 Å². The summed E-state index contributed by atoms with van der Waals surface area (Å²) in [6.45, 7) is 2.12. The molecule has 0 amide bonds. The van der Waals surface area contributed by atoms with Gasteiger partial charge in [0, 0.05) is 25.3 Å². The van der Waals surface area contributed by atoms with Crippen LogP contribution >= 0.6 is 11.3 Å². The molecule has 3 aromatic rings. The molecule has 0 radical (unpaired) electrons. The molecule has 0 spiro atoms. The number of thiazole rings is 1. The van der Waals surface area contributed by atoms with Crippen molar-refractivity contribution in [2.24, 2.45) is 0 Å². The highest BCUT2D eigenvalue weighted by molar-refractivity contribution is 7.21. The van der Waals surface area contributed by atoms with E-state index < -0.39 is 0 Å². The van der Waals surface area contributed by atoms with Crippen molar-refractivity contribution in [3.05, 3.63) is 48.0 Å². The molecule has 3 N–H and O–H groups in total. The molecule has 20 heavy (non-hydrogen) atoms. The molecule has 0 aliphatic carbocycles. The number of hydrogen-bond acceptors (Lipinski definition) is 4. The molecule has 1 heterocycles. The van der Waals surface area contributed by atoms with E-state index in [0.717, 1.165) is 10.5 Å². The lowest BCUT2D eigenvalue weighted by Crippen LogP contribution is -2.07. The lowest BCUT2D eigenvalue weighted by Gasteiger charge is -2.11. The molecule has 3 rings (SSSR count). The van der Waals surface area contributed by atoms with Crippen LogP contribution in [0.1, 0.15) is 5.56 Å². The monoisotopic (exact) mass is 285 g/mol. The minimum atomic E-state index is 0. The Morgan fingerprint density at radius 3 is 2.35 bits per heavy atom. The minimum absolute atomic E-state index is 0. The van der Waals surface area contributed by atoms with Crippen LogP contribution in [0.5, 0.6) is 0 Å². The van der Waals surface area contributed by atoms with Gasteiger partial charge in [-0.1, -0.05) is 6.07 Å². The first-order valence-corrected chi connectivity index (χ1v) is 7.10. The summed E-state index contributed by atoms with van der Waals surface area (Å²) in [5.74, 6) is 0. The zero-order valence-electron chi connectivity index (χ0n) is 12.1. The quantitative estimate of drug-likeness (QED) is 0.754. The van der Waals surface area contributed by atoms with Crippen LogP contribution in [-0.2, 0) is 0 Å². The second kappa shape index (κ2) is 5.61. The largest absolute Gasteiger partial charge is 0.378 e. The van der Waals surface area contributed by atoms with Crippen LogP contribution in [0.4, 0.5) is 5.69 Å². The summed E-state index contributed by atoms with van der Waals surface area (Å²) < 4.78 is 1.26. The van der Waals surface area contributed by atoms with Gasteiger partial charge in [-0.25, -0.2) is 4.98 Å². The van der Waals surface area contributed by atoms with Crippen molar-refractivity contribution < 1.29 is 0 Å². The van der Waals surface area contributed by atoms with Crippen LogP contribution in [0.3, 0.4) is 0 Å². The minimum Gasteiger partial charge on any atom is -0.378 e. The molecular formula is C16H19N3S. The van der Waals surface area contributed by atoms with Gasteiger partial charge in [-0.3, -0.25) is 0 Å². The highest BCUT2D eigenvalue weighted by atomic mass is 32.1. The summed E-state index contributed by atoms with van der Waals surface area (Å²) in [6, 6.07) is 14.9. The molecule has 0 saturated carbocycles. The van der Waals surface area contributed by atoms with Crippen molar-refractivity contribution in [2.45, 2.75) is 6.92 Å². The van der Waals surface area contributed by atoms with Gasteiger partial charge >= 0.3 is 0 Å². The van der Waals surface area contributed by atoms with Crippen LogP contribution in [0.15, 0.2) is 42.5 Å². The summed E-state index contributed by atoms with van der Waals surface area (Å²) in [7, 11) is 4.10. The van der Waals surface area contributed by atoms with Crippen LogP contribution in [0.2, 0.25) is 0 Å². The van der Waals surface area contributed by atoms with Crippen molar-refractivity contribution in [3.63, 3.8) is 0 Å². The Bertz CT molecular complexity index is 714. The lowest BCUT2D eigenvalue weighted by atomic mass is 10.2. The molecule has 3 nitrogen and oxygen atoms in total. The summed E-state index contributed by atoms with van der Waals surface area (Å²) >= 11 is 1.75. The predicted octanol–water partition coefficient (Wildman–Crippen LogP) is 4.50. The third-order valence-electron chi connectivity index (χ3n) is 3.17. The number of hydrogen-bond donors (Lipinski definition) is 1. The first-order chi connectivity index (χ1) is 9.13. The molecule has 104 valence electrons. The predicted molar refractivity (Wildman–Crippen MR) is 89.1 cm³/mol. The average molecular weight is 285 g/mol. The Hall–Kier alpha value is -1.91. The van der Waals surface area contributed by atoms with Gasteiger partial charge in [-0.05, 0) is 48.9 Å². The van der Waals surface area contributed by atoms with Gasteiger partial charge in [0.25, 0.3) is 0 Å². The third-order valence-corrected chi connectivity index (χ3v) is 4.24. The molecule has 0 aliphatic heterocycles. The van der Waals surface area contributed by atoms with Crippen molar-refractivity contribution >= 4 is 27.2 Å². The van der Waals surface area contributed by atoms with E-state index in [2.05, 4.69) is 68.4 Å². The molecule has 0 fully saturated rings. The first kappa shape index (κ1) is 14.5. The normalized spacial score (nSPS) is 10.3. The van der Waals surface area contributed by atoms with Crippen LogP contribution in [0, 0.1) is 6.92 Å². The molecule has 0 atom stereocenters. The fourth-order valence-corrected chi connectivity index (χ4v) is 3.13. The maximum atomic E-state index is 4.70. The number of anilines is 1. The zero-order valence-corrected chi connectivity index (χ0v) is 12.9. The Morgan fingerprint density at radius 1 is 1.00 bits per heavy atom. The van der Waals surface area contributed by atoms with E-state index in [0.29, 0.717) is 0 Å². The number of benzene rings is 2. The summed E-state index contributed by atoms with van der Waals surface area (Å²) in [6.07, 6.45) is 0. The number of nitrogens with zero attached hydrogens (tertiary/aromatic N) is 2. The van der Waals surface area contributed by atoms with Crippen molar-refractivity contribution in [2.75, 3.05) is 19.0 Å². The van der Waals surface area contributed by atoms with Crippen LogP contribution in [-0.4, -0.2) is 19.1 Å². The van der Waals surface area contributed by atoms with E-state index in [1.165, 1.54) is 21.5 Å². The van der Waals surface area contributed by atoms with Gasteiger partial charge in [0.05, 0.1) is 10.2 Å². The Kier molecular flexibility index (Phi) is 4.06.